The molecule has 86 valence electrons. The Morgan fingerprint density at radius 3 is 2.87 bits per heavy atom. The molecule has 0 aliphatic rings. The molecule has 1 rings (SSSR count). The van der Waals surface area contributed by atoms with Crippen molar-refractivity contribution in [3.8, 4) is 0 Å². The predicted molar refractivity (Wildman–Crippen MR) is 62.7 cm³/mol. The minimum absolute atomic E-state index is 0. The van der Waals surface area contributed by atoms with Gasteiger partial charge in [-0.3, -0.25) is 4.79 Å². The summed E-state index contributed by atoms with van der Waals surface area (Å²) < 4.78 is 7.58. The number of hydrogen-bond acceptors (Lipinski definition) is 5. The maximum Gasteiger partial charge on any atom is 0.272 e. The minimum Gasteiger partial charge on any atom is -0.349 e. The van der Waals surface area contributed by atoms with E-state index in [1.165, 1.54) is 6.20 Å². The van der Waals surface area contributed by atoms with Crippen LogP contribution >= 0.6 is 24.1 Å². The van der Waals surface area contributed by atoms with Crippen molar-refractivity contribution in [1.29, 1.82) is 0 Å². The van der Waals surface area contributed by atoms with Gasteiger partial charge in [0.05, 0.1) is 17.9 Å². The molecule has 0 aliphatic carbocycles. The molecule has 0 aromatic carbocycles. The molecule has 0 saturated carbocycles. The van der Waals surface area contributed by atoms with Crippen molar-refractivity contribution in [3.05, 3.63) is 11.9 Å². The number of carbonyl (C=O) groups is 1. The van der Waals surface area contributed by atoms with Gasteiger partial charge in [-0.05, 0) is 13.0 Å². The third kappa shape index (κ3) is 5.66. The second kappa shape index (κ2) is 8.58. The summed E-state index contributed by atoms with van der Waals surface area (Å²) in [5, 5.41) is 5.93. The van der Waals surface area contributed by atoms with E-state index in [2.05, 4.69) is 26.3 Å². The molecular weight excluding hydrogens is 236 g/mol. The molecule has 15 heavy (non-hydrogen) atoms. The quantitative estimate of drug-likeness (QED) is 0.729. The number of nitrogens with one attached hydrogen (secondary N) is 2. The lowest BCUT2D eigenvalue weighted by Gasteiger charge is -2.03. The summed E-state index contributed by atoms with van der Waals surface area (Å²) in [6, 6.07) is 0. The van der Waals surface area contributed by atoms with Crippen LogP contribution in [0.3, 0.4) is 0 Å². The maximum absolute atomic E-state index is 11.3. The first-order chi connectivity index (χ1) is 6.84. The highest BCUT2D eigenvalue weighted by Crippen LogP contribution is 1.93. The first kappa shape index (κ1) is 14.3. The molecule has 0 radical (unpaired) electrons. The molecule has 0 aliphatic heterocycles. The average molecular weight is 251 g/mol. The lowest BCUT2D eigenvalue weighted by molar-refractivity contribution is 0.0950. The summed E-state index contributed by atoms with van der Waals surface area (Å²) in [4.78, 5) is 11.3. The summed E-state index contributed by atoms with van der Waals surface area (Å²) in [5.74, 6) is -0.156. The van der Waals surface area contributed by atoms with E-state index >= 15 is 0 Å². The predicted octanol–water partition coefficient (Wildman–Crippen LogP) is 0.689. The highest BCUT2D eigenvalue weighted by molar-refractivity contribution is 6.99. The number of aromatic nitrogens is 2. The van der Waals surface area contributed by atoms with E-state index < -0.39 is 0 Å². The molecule has 0 atom stereocenters. The smallest absolute Gasteiger partial charge is 0.272 e. The molecule has 1 amide bonds. The van der Waals surface area contributed by atoms with Crippen molar-refractivity contribution in [3.63, 3.8) is 0 Å². The second-order valence-corrected chi connectivity index (χ2v) is 3.36. The van der Waals surface area contributed by atoms with Crippen LogP contribution in [-0.2, 0) is 0 Å². The third-order valence-electron chi connectivity index (χ3n) is 1.61. The van der Waals surface area contributed by atoms with Gasteiger partial charge in [0.2, 0.25) is 0 Å². The third-order valence-corrected chi connectivity index (χ3v) is 2.09. The van der Waals surface area contributed by atoms with Crippen LogP contribution in [0.1, 0.15) is 23.8 Å². The van der Waals surface area contributed by atoms with E-state index in [9.17, 15) is 4.79 Å². The van der Waals surface area contributed by atoms with Gasteiger partial charge >= 0.3 is 0 Å². The van der Waals surface area contributed by atoms with Crippen molar-refractivity contribution >= 4 is 30.0 Å². The van der Waals surface area contributed by atoms with Crippen molar-refractivity contribution in [2.75, 3.05) is 19.6 Å². The summed E-state index contributed by atoms with van der Waals surface area (Å²) in [5.41, 5.74) is 0.394. The molecule has 0 bridgehead atoms. The summed E-state index contributed by atoms with van der Waals surface area (Å²) >= 11 is 1.04. The monoisotopic (exact) mass is 250 g/mol. The highest BCUT2D eigenvalue weighted by atomic mass is 35.5. The van der Waals surface area contributed by atoms with E-state index in [0.29, 0.717) is 12.2 Å². The van der Waals surface area contributed by atoms with Crippen LogP contribution in [-0.4, -0.2) is 34.3 Å². The van der Waals surface area contributed by atoms with Gasteiger partial charge in [-0.15, -0.1) is 12.4 Å². The normalized spacial score (nSPS) is 9.40. The lowest BCUT2D eigenvalue weighted by atomic mass is 10.4. The fourth-order valence-corrected chi connectivity index (χ4v) is 1.33. The average Bonchev–Trinajstić information content (AvgIpc) is 2.70. The summed E-state index contributed by atoms with van der Waals surface area (Å²) in [6.07, 6.45) is 2.57. The Bertz CT molecular complexity index is 268. The van der Waals surface area contributed by atoms with E-state index in [1.807, 2.05) is 0 Å². The Hall–Kier alpha value is -0.720. The molecule has 7 heteroatoms. The largest absolute Gasteiger partial charge is 0.349 e. The molecule has 5 nitrogen and oxygen atoms in total. The van der Waals surface area contributed by atoms with Crippen LogP contribution in [0.4, 0.5) is 0 Å². The van der Waals surface area contributed by atoms with Crippen LogP contribution in [0.2, 0.25) is 0 Å². The Balaban J connectivity index is 0.00000196. The molecule has 1 aromatic heterocycles. The summed E-state index contributed by atoms with van der Waals surface area (Å²) in [7, 11) is 0. The Labute approximate surface area is 99.4 Å². The fraction of sp³-hybridized carbons (Fsp3) is 0.625. The molecular formula is C8H15ClN4OS. The number of carbonyl (C=O) groups excluding carboxylic acids is 1. The molecule has 0 unspecified atom stereocenters. The van der Waals surface area contributed by atoms with E-state index in [4.69, 9.17) is 0 Å². The zero-order chi connectivity index (χ0) is 10.2. The van der Waals surface area contributed by atoms with Gasteiger partial charge in [0.1, 0.15) is 0 Å². The molecule has 0 saturated heterocycles. The Morgan fingerprint density at radius 1 is 1.47 bits per heavy atom. The van der Waals surface area contributed by atoms with E-state index in [-0.39, 0.29) is 18.3 Å². The van der Waals surface area contributed by atoms with Gasteiger partial charge in [0.25, 0.3) is 5.91 Å². The van der Waals surface area contributed by atoms with E-state index in [1.54, 1.807) is 0 Å². The van der Waals surface area contributed by atoms with Gasteiger partial charge in [-0.25, -0.2) is 0 Å². The standard InChI is InChI=1S/C8H14N4OS.ClH/c1-2-3-9-4-5-10-8(13)7-6-11-14-12-7;/h6,9H,2-5H2,1H3,(H,10,13);1H. The maximum atomic E-state index is 11.3. The van der Waals surface area contributed by atoms with Crippen molar-refractivity contribution in [1.82, 2.24) is 19.4 Å². The zero-order valence-corrected chi connectivity index (χ0v) is 10.2. The topological polar surface area (TPSA) is 66.9 Å². The number of rotatable bonds is 6. The molecule has 0 fully saturated rings. The van der Waals surface area contributed by atoms with Crippen LogP contribution in [0.15, 0.2) is 6.20 Å². The molecule has 1 heterocycles. The number of hydrogen-bond donors (Lipinski definition) is 2. The molecule has 0 spiro atoms. The van der Waals surface area contributed by atoms with E-state index in [0.717, 1.165) is 31.2 Å². The van der Waals surface area contributed by atoms with Crippen molar-refractivity contribution in [2.24, 2.45) is 0 Å². The Morgan fingerprint density at radius 2 is 2.27 bits per heavy atom. The fourth-order valence-electron chi connectivity index (χ4n) is 0.921. The van der Waals surface area contributed by atoms with Crippen LogP contribution in [0.25, 0.3) is 0 Å². The SMILES string of the molecule is CCCNCCNC(=O)c1cnsn1.Cl. The number of halogens is 1. The van der Waals surface area contributed by atoms with Gasteiger partial charge in [-0.2, -0.15) is 8.75 Å². The van der Waals surface area contributed by atoms with Crippen molar-refractivity contribution < 1.29 is 4.79 Å². The van der Waals surface area contributed by atoms with Crippen LogP contribution < -0.4 is 10.6 Å². The minimum atomic E-state index is -0.156. The first-order valence-electron chi connectivity index (χ1n) is 4.61. The van der Waals surface area contributed by atoms with Gasteiger partial charge < -0.3 is 10.6 Å². The highest BCUT2D eigenvalue weighted by Gasteiger charge is 2.06. The van der Waals surface area contributed by atoms with Gasteiger partial charge in [-0.1, -0.05) is 6.92 Å². The van der Waals surface area contributed by atoms with Gasteiger partial charge in [0, 0.05) is 13.1 Å². The second-order valence-electron chi connectivity index (χ2n) is 2.80. The lowest BCUT2D eigenvalue weighted by Crippen LogP contribution is -2.32. The van der Waals surface area contributed by atoms with Crippen LogP contribution in [0, 0.1) is 0 Å². The zero-order valence-electron chi connectivity index (χ0n) is 8.52. The van der Waals surface area contributed by atoms with Gasteiger partial charge in [0.15, 0.2) is 5.69 Å². The number of amides is 1. The first-order valence-corrected chi connectivity index (χ1v) is 5.34. The molecule has 1 aromatic rings. The summed E-state index contributed by atoms with van der Waals surface area (Å²) in [6.45, 7) is 4.49. The molecule has 2 N–H and O–H groups in total. The van der Waals surface area contributed by atoms with Crippen molar-refractivity contribution in [2.45, 2.75) is 13.3 Å². The number of nitrogens with zero attached hydrogens (tertiary/aromatic N) is 2. The van der Waals surface area contributed by atoms with Crippen LogP contribution in [0.5, 0.6) is 0 Å². The Kier molecular flexibility index (Phi) is 8.17.